The highest BCUT2D eigenvalue weighted by Gasteiger charge is 2.14. The lowest BCUT2D eigenvalue weighted by Gasteiger charge is -2.23. The third-order valence-electron chi connectivity index (χ3n) is 7.61. The predicted octanol–water partition coefficient (Wildman–Crippen LogP) is 7.30. The number of hydrogen-bond acceptors (Lipinski definition) is 7. The Hall–Kier alpha value is -5.02. The molecule has 0 aliphatic carbocycles. The van der Waals surface area contributed by atoms with Crippen LogP contribution in [0.4, 0.5) is 5.69 Å². The normalized spacial score (nSPS) is 10.8. The van der Waals surface area contributed by atoms with Crippen molar-refractivity contribution in [2.75, 3.05) is 26.8 Å². The van der Waals surface area contributed by atoms with Gasteiger partial charge < -0.3 is 14.2 Å². The molecule has 0 bridgehead atoms. The Morgan fingerprint density at radius 3 is 2.28 bits per heavy atom. The van der Waals surface area contributed by atoms with Crippen molar-refractivity contribution >= 4 is 17.6 Å². The summed E-state index contributed by atoms with van der Waals surface area (Å²) in [6, 6.07) is 30.2. The minimum atomic E-state index is -0.361. The molecule has 9 heteroatoms. The summed E-state index contributed by atoms with van der Waals surface area (Å²) < 4.78 is 16.2. The topological polar surface area (TPSA) is 105 Å². The fourth-order valence-corrected chi connectivity index (χ4v) is 5.12. The maximum Gasteiger partial charge on any atom is 0.337 e. The van der Waals surface area contributed by atoms with Gasteiger partial charge in [0.1, 0.15) is 12.4 Å². The first-order chi connectivity index (χ1) is 22.4. The summed E-state index contributed by atoms with van der Waals surface area (Å²) in [5, 5.41) is 9.22. The summed E-state index contributed by atoms with van der Waals surface area (Å²) in [7, 11) is 1.37. The third-order valence-corrected chi connectivity index (χ3v) is 7.61. The number of carbonyl (C=O) groups is 2. The van der Waals surface area contributed by atoms with Crippen LogP contribution in [0, 0.1) is 4.91 Å². The van der Waals surface area contributed by atoms with Crippen LogP contribution in [-0.4, -0.2) is 53.8 Å². The molecular weight excluding hydrogens is 584 g/mol. The molecule has 4 rings (SSSR count). The van der Waals surface area contributed by atoms with Gasteiger partial charge in [-0.15, -0.1) is 0 Å². The van der Waals surface area contributed by atoms with Crippen molar-refractivity contribution in [1.29, 1.82) is 0 Å². The summed E-state index contributed by atoms with van der Waals surface area (Å²) >= 11 is 0. The molecule has 9 nitrogen and oxygen atoms in total. The zero-order chi connectivity index (χ0) is 32.7. The van der Waals surface area contributed by atoms with Gasteiger partial charge in [-0.25, -0.2) is 10.0 Å². The predicted molar refractivity (Wildman–Crippen MR) is 175 cm³/mol. The Balaban J connectivity index is 1.38. The Labute approximate surface area is 269 Å². The van der Waals surface area contributed by atoms with E-state index in [4.69, 9.17) is 14.2 Å². The second kappa shape index (κ2) is 17.5. The summed E-state index contributed by atoms with van der Waals surface area (Å²) in [5.74, 6) is 0.293. The number of methoxy groups -OCH3 is 1. The van der Waals surface area contributed by atoms with E-state index in [0.717, 1.165) is 65.9 Å². The molecule has 0 unspecified atom stereocenters. The van der Waals surface area contributed by atoms with Gasteiger partial charge in [0.2, 0.25) is 0 Å². The van der Waals surface area contributed by atoms with E-state index in [2.05, 4.69) is 11.0 Å². The van der Waals surface area contributed by atoms with E-state index < -0.39 is 0 Å². The fraction of sp³-hybridized carbons (Fsp3) is 0.297. The zero-order valence-corrected chi connectivity index (χ0v) is 26.4. The van der Waals surface area contributed by atoms with Crippen molar-refractivity contribution in [3.8, 4) is 16.9 Å². The smallest absolute Gasteiger partial charge is 0.337 e. The first kappa shape index (κ1) is 33.9. The maximum absolute atomic E-state index is 11.9. The molecule has 46 heavy (non-hydrogen) atoms. The van der Waals surface area contributed by atoms with Crippen LogP contribution in [0.3, 0.4) is 0 Å². The number of carbonyl (C=O) groups excluding carboxylic acids is 2. The number of unbranched alkanes of at least 4 members (excludes halogenated alkanes) is 1. The van der Waals surface area contributed by atoms with Gasteiger partial charge in [0.15, 0.2) is 0 Å². The molecule has 0 spiro atoms. The molecule has 0 heterocycles. The maximum atomic E-state index is 11.9. The number of benzene rings is 4. The van der Waals surface area contributed by atoms with Gasteiger partial charge in [0.05, 0.1) is 24.2 Å². The van der Waals surface area contributed by atoms with Crippen LogP contribution in [0.5, 0.6) is 5.75 Å². The van der Waals surface area contributed by atoms with Crippen LogP contribution < -0.4 is 4.74 Å². The molecule has 0 atom stereocenters. The number of para-hydroxylation sites is 1. The average molecular weight is 626 g/mol. The quantitative estimate of drug-likeness (QED) is 0.0741. The highest BCUT2D eigenvalue weighted by molar-refractivity contribution is 5.89. The number of hydrogen-bond donors (Lipinski definition) is 1. The van der Waals surface area contributed by atoms with Crippen LogP contribution >= 0.6 is 0 Å². The monoisotopic (exact) mass is 625 g/mol. The van der Waals surface area contributed by atoms with Crippen LogP contribution in [-0.2, 0) is 33.8 Å². The molecule has 4 aromatic carbocycles. The summed E-state index contributed by atoms with van der Waals surface area (Å²) in [5.41, 5.74) is 5.62. The van der Waals surface area contributed by atoms with E-state index in [9.17, 15) is 19.7 Å². The molecule has 4 aromatic rings. The minimum Gasteiger partial charge on any atom is -0.489 e. The molecule has 0 fully saturated rings. The molecule has 0 aromatic heterocycles. The lowest BCUT2D eigenvalue weighted by molar-refractivity contribution is -0.729. The van der Waals surface area contributed by atoms with E-state index in [1.54, 1.807) is 30.3 Å². The molecule has 0 amide bonds. The lowest BCUT2D eigenvalue weighted by atomic mass is 10.0. The summed E-state index contributed by atoms with van der Waals surface area (Å²) in [6.07, 6.45) is 2.78. The molecule has 0 aliphatic heterocycles. The first-order valence-electron chi connectivity index (χ1n) is 15.5. The van der Waals surface area contributed by atoms with Crippen LogP contribution in [0.15, 0.2) is 97.1 Å². The number of nitrogens with zero attached hydrogens (tertiary/aromatic N) is 2. The van der Waals surface area contributed by atoms with Crippen molar-refractivity contribution in [3.05, 3.63) is 124 Å². The Morgan fingerprint density at radius 1 is 0.826 bits per heavy atom. The Morgan fingerprint density at radius 2 is 1.57 bits per heavy atom. The van der Waals surface area contributed by atoms with Gasteiger partial charge in [-0.1, -0.05) is 66.7 Å². The number of ether oxygens (including phenoxy) is 3. The average Bonchev–Trinajstić information content (AvgIpc) is 3.08. The second-order valence-corrected chi connectivity index (χ2v) is 10.9. The summed E-state index contributed by atoms with van der Waals surface area (Å²) in [4.78, 5) is 37.1. The highest BCUT2D eigenvalue weighted by Crippen LogP contribution is 2.25. The fourth-order valence-electron chi connectivity index (χ4n) is 5.12. The largest absolute Gasteiger partial charge is 0.489 e. The van der Waals surface area contributed by atoms with E-state index in [-0.39, 0.29) is 22.5 Å². The van der Waals surface area contributed by atoms with Crippen molar-refractivity contribution in [3.63, 3.8) is 0 Å². The molecule has 0 saturated heterocycles. The van der Waals surface area contributed by atoms with Crippen LogP contribution in [0.25, 0.3) is 11.1 Å². The molecule has 0 saturated carbocycles. The van der Waals surface area contributed by atoms with Gasteiger partial charge in [0, 0.05) is 31.6 Å². The molecule has 0 aliphatic rings. The van der Waals surface area contributed by atoms with Gasteiger partial charge >= 0.3 is 17.6 Å². The van der Waals surface area contributed by atoms with Crippen LogP contribution in [0.1, 0.15) is 53.2 Å². The van der Waals surface area contributed by atoms with E-state index in [1.165, 1.54) is 7.11 Å². The number of esters is 2. The van der Waals surface area contributed by atoms with Crippen molar-refractivity contribution in [2.45, 2.75) is 45.8 Å². The third kappa shape index (κ3) is 10.3. The van der Waals surface area contributed by atoms with Crippen molar-refractivity contribution in [1.82, 2.24) is 4.90 Å². The van der Waals surface area contributed by atoms with E-state index in [1.807, 2.05) is 67.6 Å². The standard InChI is InChI=1S/C37H41N2O7/c1-3-45-36(40)13-6-7-23-38(26-28-14-20-32(21-15-28)37(41)44-2)24-22-31-9-4-5-12-35(31)46-27-29-16-18-30(19-17-29)33-10-8-11-34(25-33)39(42)43/h4-5,8-12,14-21,25H,3,6-7,13,22-24,26-27H2,1-2H3,(H,42,43)/q+1. The summed E-state index contributed by atoms with van der Waals surface area (Å²) in [6.45, 7) is 4.88. The second-order valence-electron chi connectivity index (χ2n) is 10.9. The number of rotatable bonds is 17. The van der Waals surface area contributed by atoms with Gasteiger partial charge in [-0.2, -0.15) is 0 Å². The van der Waals surface area contributed by atoms with Gasteiger partial charge in [-0.3, -0.25) is 9.69 Å². The molecular formula is C37H41N2O7+. The Kier molecular flexibility index (Phi) is 12.9. The Bertz CT molecular complexity index is 1590. The van der Waals surface area contributed by atoms with E-state index in [0.29, 0.717) is 31.7 Å². The molecule has 0 radical (unpaired) electrons. The zero-order valence-electron chi connectivity index (χ0n) is 26.4. The molecule has 240 valence electrons. The van der Waals surface area contributed by atoms with Gasteiger partial charge in [0.25, 0.3) is 4.92 Å². The minimum absolute atomic E-state index is 0.141. The molecule has 1 N–H and O–H groups in total. The SMILES string of the molecule is CCOC(=O)CCCCN(CCc1ccccc1OCc1ccc(-c2cccc([N+](=O)O)c2)cc1)Cc1ccc(C(=O)OC)cc1. The van der Waals surface area contributed by atoms with Crippen molar-refractivity contribution in [2.24, 2.45) is 0 Å². The lowest BCUT2D eigenvalue weighted by Crippen LogP contribution is -2.27. The van der Waals surface area contributed by atoms with Crippen LogP contribution in [0.2, 0.25) is 0 Å². The van der Waals surface area contributed by atoms with Gasteiger partial charge in [-0.05, 0) is 78.7 Å². The van der Waals surface area contributed by atoms with Crippen molar-refractivity contribution < 1.29 is 33.9 Å². The first-order valence-corrected chi connectivity index (χ1v) is 15.5. The highest BCUT2D eigenvalue weighted by atomic mass is 16.6. The van der Waals surface area contributed by atoms with E-state index >= 15 is 0 Å².